The lowest BCUT2D eigenvalue weighted by molar-refractivity contribution is -0.126. The van der Waals surface area contributed by atoms with Gasteiger partial charge in [0, 0.05) is 38.1 Å². The number of carbonyl (C=O) groups excluding carboxylic acids is 2. The van der Waals surface area contributed by atoms with E-state index >= 15 is 0 Å². The molecule has 2 aromatic heterocycles. The lowest BCUT2D eigenvalue weighted by Crippen LogP contribution is -2.32. The Morgan fingerprint density at radius 1 is 1.21 bits per heavy atom. The largest absolute Gasteiger partial charge is 0.352 e. The first-order chi connectivity index (χ1) is 13.6. The summed E-state index contributed by atoms with van der Waals surface area (Å²) in [5, 5.41) is 6.94. The highest BCUT2D eigenvalue weighted by molar-refractivity contribution is 6.00. The third-order valence-electron chi connectivity index (χ3n) is 4.65. The van der Waals surface area contributed by atoms with E-state index in [9.17, 15) is 14.0 Å². The molecule has 1 saturated heterocycles. The molecule has 1 atom stereocenters. The van der Waals surface area contributed by atoms with Crippen molar-refractivity contribution in [2.24, 2.45) is 5.92 Å². The molecule has 0 spiro atoms. The number of aromatic nitrogens is 3. The molecule has 0 saturated carbocycles. The van der Waals surface area contributed by atoms with E-state index in [4.69, 9.17) is 0 Å². The Kier molecular flexibility index (Phi) is 4.84. The molecule has 1 unspecified atom stereocenters. The topological polar surface area (TPSA) is 80.1 Å². The van der Waals surface area contributed by atoms with Crippen LogP contribution in [-0.2, 0) is 16.1 Å². The van der Waals surface area contributed by atoms with Crippen molar-refractivity contribution in [1.82, 2.24) is 20.1 Å². The SMILES string of the molecule is O=C(NCc1ccc(-n2cccn2)nc1)C1CC(=O)N(c2ccccc2F)C1. The minimum Gasteiger partial charge on any atom is -0.352 e. The monoisotopic (exact) mass is 379 g/mol. The number of hydrogen-bond acceptors (Lipinski definition) is 4. The average molecular weight is 379 g/mol. The fourth-order valence-electron chi connectivity index (χ4n) is 3.18. The predicted octanol–water partition coefficient (Wildman–Crippen LogP) is 2.08. The molecule has 2 amide bonds. The van der Waals surface area contributed by atoms with Crippen LogP contribution in [0.2, 0.25) is 0 Å². The molecule has 8 heteroatoms. The number of amides is 2. The van der Waals surface area contributed by atoms with Gasteiger partial charge in [0.25, 0.3) is 0 Å². The van der Waals surface area contributed by atoms with Gasteiger partial charge in [-0.2, -0.15) is 5.10 Å². The van der Waals surface area contributed by atoms with Crippen molar-refractivity contribution in [3.8, 4) is 5.82 Å². The second-order valence-corrected chi connectivity index (χ2v) is 6.55. The van der Waals surface area contributed by atoms with Gasteiger partial charge in [-0.3, -0.25) is 9.59 Å². The molecule has 1 aromatic carbocycles. The Morgan fingerprint density at radius 2 is 2.07 bits per heavy atom. The fraction of sp³-hybridized carbons (Fsp3) is 0.200. The predicted molar refractivity (Wildman–Crippen MR) is 100 cm³/mol. The van der Waals surface area contributed by atoms with Crippen LogP contribution in [0.4, 0.5) is 10.1 Å². The molecule has 4 rings (SSSR count). The van der Waals surface area contributed by atoms with Gasteiger partial charge in [-0.1, -0.05) is 18.2 Å². The molecule has 1 aliphatic rings. The van der Waals surface area contributed by atoms with Gasteiger partial charge >= 0.3 is 0 Å². The zero-order chi connectivity index (χ0) is 19.5. The van der Waals surface area contributed by atoms with Gasteiger partial charge in [-0.25, -0.2) is 14.1 Å². The van der Waals surface area contributed by atoms with Crippen LogP contribution < -0.4 is 10.2 Å². The van der Waals surface area contributed by atoms with Crippen LogP contribution in [-0.4, -0.2) is 33.1 Å². The van der Waals surface area contributed by atoms with Gasteiger partial charge in [0.1, 0.15) is 5.82 Å². The van der Waals surface area contributed by atoms with Crippen molar-refractivity contribution >= 4 is 17.5 Å². The number of pyridine rings is 1. The van der Waals surface area contributed by atoms with Gasteiger partial charge < -0.3 is 10.2 Å². The second kappa shape index (κ2) is 7.59. The summed E-state index contributed by atoms with van der Waals surface area (Å²) in [6.07, 6.45) is 5.20. The Labute approximate surface area is 160 Å². The Hall–Kier alpha value is -3.55. The molecule has 1 N–H and O–H groups in total. The molecule has 1 fully saturated rings. The number of hydrogen-bond donors (Lipinski definition) is 1. The van der Waals surface area contributed by atoms with Crippen molar-refractivity contribution in [3.63, 3.8) is 0 Å². The van der Waals surface area contributed by atoms with Crippen LogP contribution >= 0.6 is 0 Å². The number of anilines is 1. The maximum absolute atomic E-state index is 13.9. The number of rotatable bonds is 5. The molecule has 0 bridgehead atoms. The van der Waals surface area contributed by atoms with E-state index in [2.05, 4.69) is 15.4 Å². The van der Waals surface area contributed by atoms with Crippen LogP contribution in [0.1, 0.15) is 12.0 Å². The summed E-state index contributed by atoms with van der Waals surface area (Å²) >= 11 is 0. The van der Waals surface area contributed by atoms with Gasteiger partial charge in [0.05, 0.1) is 11.6 Å². The minimum absolute atomic E-state index is 0.0661. The summed E-state index contributed by atoms with van der Waals surface area (Å²) in [6, 6.07) is 11.6. The molecule has 1 aliphatic heterocycles. The number of nitrogens with one attached hydrogen (secondary N) is 1. The van der Waals surface area contributed by atoms with Crippen LogP contribution in [0.3, 0.4) is 0 Å². The highest BCUT2D eigenvalue weighted by atomic mass is 19.1. The first-order valence-corrected chi connectivity index (χ1v) is 8.89. The lowest BCUT2D eigenvalue weighted by Gasteiger charge is -2.17. The first kappa shape index (κ1) is 17.8. The van der Waals surface area contributed by atoms with Crippen molar-refractivity contribution in [2.45, 2.75) is 13.0 Å². The van der Waals surface area contributed by atoms with Gasteiger partial charge in [0.2, 0.25) is 11.8 Å². The number of nitrogens with zero attached hydrogens (tertiary/aromatic N) is 4. The highest BCUT2D eigenvalue weighted by Crippen LogP contribution is 2.27. The first-order valence-electron chi connectivity index (χ1n) is 8.89. The van der Waals surface area contributed by atoms with Gasteiger partial charge in [-0.05, 0) is 29.8 Å². The van der Waals surface area contributed by atoms with E-state index in [1.807, 2.05) is 18.2 Å². The zero-order valence-electron chi connectivity index (χ0n) is 15.0. The second-order valence-electron chi connectivity index (χ2n) is 6.55. The molecule has 3 heterocycles. The molecule has 3 aromatic rings. The maximum Gasteiger partial charge on any atom is 0.227 e. The molecular weight excluding hydrogens is 361 g/mol. The Morgan fingerprint density at radius 3 is 2.79 bits per heavy atom. The summed E-state index contributed by atoms with van der Waals surface area (Å²) in [4.78, 5) is 30.3. The molecular formula is C20H18FN5O2. The lowest BCUT2D eigenvalue weighted by atomic mass is 10.1. The van der Waals surface area contributed by atoms with Gasteiger partial charge in [0.15, 0.2) is 5.82 Å². The van der Waals surface area contributed by atoms with E-state index in [-0.39, 0.29) is 30.5 Å². The number of halogens is 1. The molecule has 0 radical (unpaired) electrons. The summed E-state index contributed by atoms with van der Waals surface area (Å²) in [7, 11) is 0. The maximum atomic E-state index is 13.9. The fourth-order valence-corrected chi connectivity index (χ4v) is 3.18. The number of para-hydroxylation sites is 1. The van der Waals surface area contributed by atoms with Crippen molar-refractivity contribution in [2.75, 3.05) is 11.4 Å². The molecule has 0 aliphatic carbocycles. The normalized spacial score (nSPS) is 16.4. The minimum atomic E-state index is -0.511. The van der Waals surface area contributed by atoms with Crippen molar-refractivity contribution in [3.05, 3.63) is 72.4 Å². The molecule has 142 valence electrons. The third kappa shape index (κ3) is 3.62. The highest BCUT2D eigenvalue weighted by Gasteiger charge is 2.35. The molecule has 7 nitrogen and oxygen atoms in total. The standard InChI is InChI=1S/C20H18FN5O2/c21-16-4-1-2-5-17(16)25-13-15(10-19(25)27)20(28)23-12-14-6-7-18(22-11-14)26-9-3-8-24-26/h1-9,11,15H,10,12-13H2,(H,23,28). The summed E-state index contributed by atoms with van der Waals surface area (Å²) in [5.74, 6) is -0.788. The summed E-state index contributed by atoms with van der Waals surface area (Å²) in [5.41, 5.74) is 1.04. The smallest absolute Gasteiger partial charge is 0.227 e. The zero-order valence-corrected chi connectivity index (χ0v) is 15.0. The average Bonchev–Trinajstić information content (AvgIpc) is 3.37. The third-order valence-corrected chi connectivity index (χ3v) is 4.65. The van der Waals surface area contributed by atoms with Crippen LogP contribution in [0.5, 0.6) is 0 Å². The van der Waals surface area contributed by atoms with E-state index < -0.39 is 11.7 Å². The van der Waals surface area contributed by atoms with Crippen LogP contribution in [0, 0.1) is 11.7 Å². The summed E-state index contributed by atoms with van der Waals surface area (Å²) < 4.78 is 15.6. The quantitative estimate of drug-likeness (QED) is 0.736. The van der Waals surface area contributed by atoms with Crippen LogP contribution in [0.15, 0.2) is 61.1 Å². The van der Waals surface area contributed by atoms with E-state index in [0.717, 1.165) is 5.56 Å². The van der Waals surface area contributed by atoms with E-state index in [1.165, 1.54) is 11.0 Å². The Bertz CT molecular complexity index is 988. The Balaban J connectivity index is 1.35. The van der Waals surface area contributed by atoms with E-state index in [1.54, 1.807) is 41.5 Å². The van der Waals surface area contributed by atoms with E-state index in [0.29, 0.717) is 12.4 Å². The van der Waals surface area contributed by atoms with Crippen LogP contribution in [0.25, 0.3) is 5.82 Å². The molecule has 28 heavy (non-hydrogen) atoms. The van der Waals surface area contributed by atoms with Crippen molar-refractivity contribution in [1.29, 1.82) is 0 Å². The number of benzene rings is 1. The summed E-state index contributed by atoms with van der Waals surface area (Å²) in [6.45, 7) is 0.470. The number of carbonyl (C=O) groups is 2. The van der Waals surface area contributed by atoms with Crippen molar-refractivity contribution < 1.29 is 14.0 Å². The van der Waals surface area contributed by atoms with Gasteiger partial charge in [-0.15, -0.1) is 0 Å².